The molecule has 3 unspecified atom stereocenters. The Morgan fingerprint density at radius 3 is 2.10 bits per heavy atom. The molecule has 0 spiro atoms. The number of aliphatic hydroxyl groups is 3. The predicted octanol–water partition coefficient (Wildman–Crippen LogP) is -1.07. The van der Waals surface area contributed by atoms with Crippen LogP contribution in [0, 0.1) is 0 Å². The highest BCUT2D eigenvalue weighted by Crippen LogP contribution is 2.07. The topological polar surface area (TPSA) is 60.7 Å². The Bertz CT molecular complexity index is 81.0. The van der Waals surface area contributed by atoms with Gasteiger partial charge in [-0.1, -0.05) is 0 Å². The molecule has 0 saturated carbocycles. The lowest BCUT2D eigenvalue weighted by Crippen LogP contribution is -2.37. The van der Waals surface area contributed by atoms with Gasteiger partial charge in [0.2, 0.25) is 0 Å². The van der Waals surface area contributed by atoms with E-state index in [1.165, 1.54) is 0 Å². The van der Waals surface area contributed by atoms with Crippen molar-refractivity contribution in [2.45, 2.75) is 17.5 Å². The molecule has 0 saturated heterocycles. The Hall–Kier alpha value is 0.580. The molecule has 0 aliphatic heterocycles. The molecule has 10 heavy (non-hydrogen) atoms. The van der Waals surface area contributed by atoms with Gasteiger partial charge in [0.05, 0.1) is 12.7 Å². The third-order valence-electron chi connectivity index (χ3n) is 1.16. The van der Waals surface area contributed by atoms with Gasteiger partial charge in [0.15, 0.2) is 0 Å². The summed E-state index contributed by atoms with van der Waals surface area (Å²) in [5, 5.41) is 25.9. The SMILES string of the molecule is OCC(O)C(O)C(S)CS. The molecule has 0 aliphatic rings. The second-order valence-corrected chi connectivity index (χ2v) is 3.02. The van der Waals surface area contributed by atoms with Crippen LogP contribution in [0.5, 0.6) is 0 Å². The summed E-state index contributed by atoms with van der Waals surface area (Å²) in [6, 6.07) is 0. The van der Waals surface area contributed by atoms with Gasteiger partial charge in [-0.3, -0.25) is 0 Å². The first kappa shape index (κ1) is 10.6. The number of aliphatic hydroxyl groups excluding tert-OH is 3. The molecule has 0 aromatic carbocycles. The highest BCUT2D eigenvalue weighted by Gasteiger charge is 2.21. The van der Waals surface area contributed by atoms with Gasteiger partial charge in [0, 0.05) is 11.0 Å². The van der Waals surface area contributed by atoms with Gasteiger partial charge < -0.3 is 15.3 Å². The zero-order chi connectivity index (χ0) is 8.15. The third-order valence-corrected chi connectivity index (χ3v) is 2.33. The fourth-order valence-electron chi connectivity index (χ4n) is 0.472. The number of rotatable bonds is 4. The molecule has 62 valence electrons. The average Bonchev–Trinajstić information content (AvgIpc) is 2.00. The maximum absolute atomic E-state index is 9.05. The van der Waals surface area contributed by atoms with E-state index < -0.39 is 24.1 Å². The molecule has 0 amide bonds. The first-order valence-corrected chi connectivity index (χ1v) is 4.04. The molecule has 0 aromatic rings. The van der Waals surface area contributed by atoms with Gasteiger partial charge >= 0.3 is 0 Å². The van der Waals surface area contributed by atoms with E-state index in [1.54, 1.807) is 0 Å². The van der Waals surface area contributed by atoms with Gasteiger partial charge in [-0.05, 0) is 0 Å². The standard InChI is InChI=1S/C5H12O3S2/c6-1-3(7)5(8)4(10)2-9/h3-10H,1-2H2. The Morgan fingerprint density at radius 1 is 1.30 bits per heavy atom. The maximum atomic E-state index is 9.05. The summed E-state index contributed by atoms with van der Waals surface area (Å²) in [5.74, 6) is 0.362. The molecule has 5 heteroatoms. The summed E-state index contributed by atoms with van der Waals surface area (Å²) in [7, 11) is 0. The summed E-state index contributed by atoms with van der Waals surface area (Å²) in [4.78, 5) is 0. The molecule has 0 rings (SSSR count). The van der Waals surface area contributed by atoms with E-state index in [0.29, 0.717) is 5.75 Å². The van der Waals surface area contributed by atoms with Crippen LogP contribution in [0.15, 0.2) is 0 Å². The second kappa shape index (κ2) is 5.26. The summed E-state index contributed by atoms with van der Waals surface area (Å²) in [6.45, 7) is -0.452. The fraction of sp³-hybridized carbons (Fsp3) is 1.00. The molecule has 0 radical (unpaired) electrons. The maximum Gasteiger partial charge on any atom is 0.104 e. The van der Waals surface area contributed by atoms with Crippen molar-refractivity contribution in [1.82, 2.24) is 0 Å². The van der Waals surface area contributed by atoms with Crippen LogP contribution >= 0.6 is 25.3 Å². The highest BCUT2D eigenvalue weighted by molar-refractivity contribution is 7.84. The summed E-state index contributed by atoms with van der Waals surface area (Å²) >= 11 is 7.78. The molecule has 3 atom stereocenters. The van der Waals surface area contributed by atoms with E-state index in [-0.39, 0.29) is 0 Å². The molecule has 0 bridgehead atoms. The van der Waals surface area contributed by atoms with Gasteiger partial charge in [-0.15, -0.1) is 0 Å². The van der Waals surface area contributed by atoms with Gasteiger partial charge in [0.1, 0.15) is 6.10 Å². The monoisotopic (exact) mass is 184 g/mol. The lowest BCUT2D eigenvalue weighted by Gasteiger charge is -2.19. The second-order valence-electron chi connectivity index (χ2n) is 1.99. The summed E-state index contributed by atoms with van der Waals surface area (Å²) in [5.41, 5.74) is 0. The van der Waals surface area contributed by atoms with Crippen molar-refractivity contribution in [1.29, 1.82) is 0 Å². The minimum Gasteiger partial charge on any atom is -0.394 e. The van der Waals surface area contributed by atoms with Gasteiger partial charge in [0.25, 0.3) is 0 Å². The van der Waals surface area contributed by atoms with Crippen LogP contribution in [-0.4, -0.2) is 45.1 Å². The highest BCUT2D eigenvalue weighted by atomic mass is 32.1. The van der Waals surface area contributed by atoms with Crippen molar-refractivity contribution < 1.29 is 15.3 Å². The molecule has 0 heterocycles. The Morgan fingerprint density at radius 2 is 1.80 bits per heavy atom. The first-order chi connectivity index (χ1) is 4.63. The Kier molecular flexibility index (Phi) is 5.56. The van der Waals surface area contributed by atoms with Crippen LogP contribution in [0.3, 0.4) is 0 Å². The van der Waals surface area contributed by atoms with E-state index in [4.69, 9.17) is 15.3 Å². The van der Waals surface area contributed by atoms with Crippen LogP contribution in [0.1, 0.15) is 0 Å². The average molecular weight is 184 g/mol. The zero-order valence-corrected chi connectivity index (χ0v) is 7.17. The van der Waals surface area contributed by atoms with Crippen molar-refractivity contribution >= 4 is 25.3 Å². The van der Waals surface area contributed by atoms with Crippen molar-refractivity contribution in [2.24, 2.45) is 0 Å². The molecule has 3 N–H and O–H groups in total. The zero-order valence-electron chi connectivity index (χ0n) is 5.38. The first-order valence-electron chi connectivity index (χ1n) is 2.89. The lowest BCUT2D eigenvalue weighted by atomic mass is 10.1. The van der Waals surface area contributed by atoms with Crippen molar-refractivity contribution in [3.63, 3.8) is 0 Å². The third kappa shape index (κ3) is 3.12. The predicted molar refractivity (Wildman–Crippen MR) is 45.7 cm³/mol. The number of thiol groups is 2. The van der Waals surface area contributed by atoms with Crippen LogP contribution in [-0.2, 0) is 0 Å². The van der Waals surface area contributed by atoms with Crippen LogP contribution in [0.4, 0.5) is 0 Å². The van der Waals surface area contributed by atoms with E-state index in [1.807, 2.05) is 0 Å². The molecular weight excluding hydrogens is 172 g/mol. The minimum atomic E-state index is -1.12. The van der Waals surface area contributed by atoms with Gasteiger partial charge in [-0.2, -0.15) is 25.3 Å². The van der Waals surface area contributed by atoms with Crippen LogP contribution in [0.25, 0.3) is 0 Å². The van der Waals surface area contributed by atoms with Crippen LogP contribution in [0.2, 0.25) is 0 Å². The van der Waals surface area contributed by atoms with E-state index in [2.05, 4.69) is 25.3 Å². The van der Waals surface area contributed by atoms with Crippen molar-refractivity contribution in [2.75, 3.05) is 12.4 Å². The van der Waals surface area contributed by atoms with E-state index in [0.717, 1.165) is 0 Å². The summed E-state index contributed by atoms with van der Waals surface area (Å²) in [6.07, 6.45) is -2.12. The molecule has 3 nitrogen and oxygen atoms in total. The normalized spacial score (nSPS) is 20.1. The van der Waals surface area contributed by atoms with E-state index in [9.17, 15) is 0 Å². The largest absolute Gasteiger partial charge is 0.394 e. The molecular formula is C5H12O3S2. The molecule has 0 fully saturated rings. The molecule has 0 aromatic heterocycles. The van der Waals surface area contributed by atoms with Crippen molar-refractivity contribution in [3.05, 3.63) is 0 Å². The van der Waals surface area contributed by atoms with E-state index >= 15 is 0 Å². The quantitative estimate of drug-likeness (QED) is 0.362. The Labute approximate surface area is 70.9 Å². The summed E-state index contributed by atoms with van der Waals surface area (Å²) < 4.78 is 0. The fourth-order valence-corrected chi connectivity index (χ4v) is 0.887. The minimum absolute atomic E-state index is 0.362. The lowest BCUT2D eigenvalue weighted by molar-refractivity contribution is -0.0116. The number of hydrogen-bond donors (Lipinski definition) is 5. The molecule has 0 aliphatic carbocycles. The van der Waals surface area contributed by atoms with Crippen LogP contribution < -0.4 is 0 Å². The smallest absolute Gasteiger partial charge is 0.104 e. The van der Waals surface area contributed by atoms with Gasteiger partial charge in [-0.25, -0.2) is 0 Å². The number of hydrogen-bond acceptors (Lipinski definition) is 5. The van der Waals surface area contributed by atoms with Crippen molar-refractivity contribution in [3.8, 4) is 0 Å². The Balaban J connectivity index is 3.69.